The lowest BCUT2D eigenvalue weighted by molar-refractivity contribution is -0.122. The zero-order chi connectivity index (χ0) is 12.6. The third-order valence-electron chi connectivity index (χ3n) is 3.93. The molecule has 1 amide bonds. The van der Waals surface area contributed by atoms with Gasteiger partial charge >= 0.3 is 0 Å². The molecule has 1 aromatic carbocycles. The van der Waals surface area contributed by atoms with Crippen molar-refractivity contribution >= 4 is 11.6 Å². The van der Waals surface area contributed by atoms with Crippen LogP contribution in [0.5, 0.6) is 0 Å². The van der Waals surface area contributed by atoms with Crippen LogP contribution in [0.2, 0.25) is 0 Å². The summed E-state index contributed by atoms with van der Waals surface area (Å²) in [6.07, 6.45) is 2.29. The van der Waals surface area contributed by atoms with Crippen molar-refractivity contribution in [1.29, 1.82) is 0 Å². The molecule has 4 nitrogen and oxygen atoms in total. The van der Waals surface area contributed by atoms with E-state index in [2.05, 4.69) is 16.7 Å². The fourth-order valence-corrected chi connectivity index (χ4v) is 2.58. The molecule has 1 unspecified atom stereocenters. The molecular formula is C14H18N2O2. The molecule has 1 fully saturated rings. The van der Waals surface area contributed by atoms with E-state index in [1.807, 2.05) is 18.2 Å². The molecule has 1 aliphatic heterocycles. The highest BCUT2D eigenvalue weighted by molar-refractivity contribution is 5.79. The molecule has 0 radical (unpaired) electrons. The molecule has 0 aromatic heterocycles. The van der Waals surface area contributed by atoms with E-state index in [9.17, 15) is 9.90 Å². The average Bonchev–Trinajstić information content (AvgIpc) is 3.04. The Morgan fingerprint density at radius 1 is 1.44 bits per heavy atom. The van der Waals surface area contributed by atoms with Crippen molar-refractivity contribution in [3.05, 3.63) is 29.8 Å². The topological polar surface area (TPSA) is 61.4 Å². The normalized spacial score (nSPS) is 23.1. The molecule has 2 aliphatic rings. The number of benzene rings is 1. The number of aliphatic hydroxyl groups excluding tert-OH is 1. The van der Waals surface area contributed by atoms with Crippen molar-refractivity contribution < 1.29 is 9.90 Å². The van der Waals surface area contributed by atoms with Crippen molar-refractivity contribution in [2.45, 2.75) is 30.7 Å². The zero-order valence-corrected chi connectivity index (χ0v) is 10.3. The van der Waals surface area contributed by atoms with Crippen molar-refractivity contribution in [1.82, 2.24) is 5.32 Å². The summed E-state index contributed by atoms with van der Waals surface area (Å²) in [5, 5.41) is 15.5. The molecule has 0 spiro atoms. The number of nitrogens with one attached hydrogen (secondary N) is 2. The lowest BCUT2D eigenvalue weighted by Gasteiger charge is -2.16. The van der Waals surface area contributed by atoms with E-state index in [0.29, 0.717) is 6.42 Å². The second kappa shape index (κ2) is 4.28. The Kier molecular flexibility index (Phi) is 2.74. The average molecular weight is 246 g/mol. The molecule has 1 aliphatic carbocycles. The summed E-state index contributed by atoms with van der Waals surface area (Å²) in [6.45, 7) is 0.872. The Hall–Kier alpha value is -1.55. The Morgan fingerprint density at radius 3 is 2.94 bits per heavy atom. The van der Waals surface area contributed by atoms with Gasteiger partial charge in [-0.1, -0.05) is 18.2 Å². The summed E-state index contributed by atoms with van der Waals surface area (Å²) < 4.78 is 0. The molecule has 3 rings (SSSR count). The molecule has 18 heavy (non-hydrogen) atoms. The lowest BCUT2D eigenvalue weighted by Crippen LogP contribution is -2.40. The summed E-state index contributed by atoms with van der Waals surface area (Å²) in [7, 11) is 0. The van der Waals surface area contributed by atoms with Crippen LogP contribution < -0.4 is 10.6 Å². The number of aliphatic hydroxyl groups is 1. The summed E-state index contributed by atoms with van der Waals surface area (Å²) in [4.78, 5) is 12.0. The highest BCUT2D eigenvalue weighted by atomic mass is 16.3. The Bertz CT molecular complexity index is 469. The van der Waals surface area contributed by atoms with E-state index in [1.54, 1.807) is 0 Å². The molecule has 1 aromatic rings. The second-order valence-corrected chi connectivity index (χ2v) is 5.36. The Balaban J connectivity index is 1.63. The first-order chi connectivity index (χ1) is 8.72. The molecule has 1 saturated carbocycles. The van der Waals surface area contributed by atoms with Crippen molar-refractivity contribution in [2.75, 3.05) is 18.5 Å². The summed E-state index contributed by atoms with van der Waals surface area (Å²) >= 11 is 0. The number of rotatable bonds is 4. The van der Waals surface area contributed by atoms with Gasteiger partial charge in [0.25, 0.3) is 0 Å². The fourth-order valence-electron chi connectivity index (χ4n) is 2.58. The van der Waals surface area contributed by atoms with Crippen LogP contribution in [0.15, 0.2) is 24.3 Å². The number of amides is 1. The number of hydrogen-bond donors (Lipinski definition) is 3. The van der Waals surface area contributed by atoms with Crippen molar-refractivity contribution in [3.63, 3.8) is 0 Å². The van der Waals surface area contributed by atoms with Gasteiger partial charge in [0.15, 0.2) is 0 Å². The largest absolute Gasteiger partial charge is 0.394 e. The molecular weight excluding hydrogens is 228 g/mol. The molecule has 96 valence electrons. The smallest absolute Gasteiger partial charge is 0.221 e. The number of carbonyl (C=O) groups is 1. The molecule has 1 heterocycles. The van der Waals surface area contributed by atoms with Gasteiger partial charge in [-0.25, -0.2) is 0 Å². The maximum Gasteiger partial charge on any atom is 0.221 e. The van der Waals surface area contributed by atoms with Gasteiger partial charge in [-0.15, -0.1) is 0 Å². The number of carbonyl (C=O) groups excluding carboxylic acids is 1. The van der Waals surface area contributed by atoms with Crippen LogP contribution in [0.25, 0.3) is 0 Å². The first-order valence-electron chi connectivity index (χ1n) is 6.47. The fraction of sp³-hybridized carbons (Fsp3) is 0.500. The van der Waals surface area contributed by atoms with E-state index in [0.717, 1.165) is 25.1 Å². The maximum atomic E-state index is 12.0. The van der Waals surface area contributed by atoms with Gasteiger partial charge < -0.3 is 15.7 Å². The number of para-hydroxylation sites is 1. The molecule has 1 atom stereocenters. The quantitative estimate of drug-likeness (QED) is 0.748. The lowest BCUT2D eigenvalue weighted by atomic mass is 9.97. The molecule has 0 saturated heterocycles. The monoisotopic (exact) mass is 246 g/mol. The number of anilines is 1. The van der Waals surface area contributed by atoms with E-state index in [1.165, 1.54) is 5.56 Å². The first kappa shape index (κ1) is 11.5. The first-order valence-corrected chi connectivity index (χ1v) is 6.47. The summed E-state index contributed by atoms with van der Waals surface area (Å²) in [6, 6.07) is 8.13. The van der Waals surface area contributed by atoms with Gasteiger partial charge in [-0.3, -0.25) is 4.79 Å². The minimum atomic E-state index is -0.303. The van der Waals surface area contributed by atoms with Crippen LogP contribution in [0.1, 0.15) is 30.7 Å². The van der Waals surface area contributed by atoms with Gasteiger partial charge in [0.1, 0.15) is 0 Å². The highest BCUT2D eigenvalue weighted by Gasteiger charge is 2.43. The van der Waals surface area contributed by atoms with Gasteiger partial charge in [-0.05, 0) is 24.5 Å². The van der Waals surface area contributed by atoms with Crippen LogP contribution in [0, 0.1) is 0 Å². The van der Waals surface area contributed by atoms with E-state index >= 15 is 0 Å². The van der Waals surface area contributed by atoms with Crippen LogP contribution >= 0.6 is 0 Å². The van der Waals surface area contributed by atoms with Gasteiger partial charge in [0, 0.05) is 24.6 Å². The molecule has 4 heteroatoms. The standard InChI is InChI=1S/C14H18N2O2/c17-9-14(5-6-14)16-13(18)7-10-8-15-12-4-2-1-3-11(10)12/h1-4,10,15,17H,5-9H2,(H,16,18). The minimum Gasteiger partial charge on any atom is -0.394 e. The van der Waals surface area contributed by atoms with Crippen LogP contribution in [0.3, 0.4) is 0 Å². The third kappa shape index (κ3) is 2.08. The van der Waals surface area contributed by atoms with Crippen molar-refractivity contribution in [2.24, 2.45) is 0 Å². The number of fused-ring (bicyclic) bond motifs is 1. The van der Waals surface area contributed by atoms with E-state index in [4.69, 9.17) is 0 Å². The van der Waals surface area contributed by atoms with E-state index in [-0.39, 0.29) is 24.0 Å². The minimum absolute atomic E-state index is 0.0463. The zero-order valence-electron chi connectivity index (χ0n) is 10.3. The third-order valence-corrected chi connectivity index (χ3v) is 3.93. The van der Waals surface area contributed by atoms with Crippen LogP contribution in [0.4, 0.5) is 5.69 Å². The molecule has 0 bridgehead atoms. The van der Waals surface area contributed by atoms with Gasteiger partial charge in [-0.2, -0.15) is 0 Å². The van der Waals surface area contributed by atoms with Crippen LogP contribution in [-0.2, 0) is 4.79 Å². The van der Waals surface area contributed by atoms with Crippen molar-refractivity contribution in [3.8, 4) is 0 Å². The summed E-state index contributed by atoms with van der Waals surface area (Å²) in [5.41, 5.74) is 2.06. The van der Waals surface area contributed by atoms with Gasteiger partial charge in [0.2, 0.25) is 5.91 Å². The predicted octanol–water partition coefficient (Wildman–Crippen LogP) is 1.23. The SMILES string of the molecule is O=C(CC1CNc2ccccc21)NC1(CO)CC1. The molecule has 3 N–H and O–H groups in total. The second-order valence-electron chi connectivity index (χ2n) is 5.36. The Morgan fingerprint density at radius 2 is 2.22 bits per heavy atom. The van der Waals surface area contributed by atoms with Crippen LogP contribution in [-0.4, -0.2) is 29.7 Å². The highest BCUT2D eigenvalue weighted by Crippen LogP contribution is 2.36. The predicted molar refractivity (Wildman–Crippen MR) is 69.5 cm³/mol. The van der Waals surface area contributed by atoms with E-state index < -0.39 is 0 Å². The maximum absolute atomic E-state index is 12.0. The number of hydrogen-bond acceptors (Lipinski definition) is 3. The van der Waals surface area contributed by atoms with Gasteiger partial charge in [0.05, 0.1) is 12.1 Å². The Labute approximate surface area is 106 Å². The summed E-state index contributed by atoms with van der Waals surface area (Å²) in [5.74, 6) is 0.292.